The molecule has 0 spiro atoms. The fourth-order valence-electron chi connectivity index (χ4n) is 2.80. The lowest BCUT2D eigenvalue weighted by Crippen LogP contribution is -2.23. The first kappa shape index (κ1) is 12.2. The Labute approximate surface area is 122 Å². The molecule has 2 N–H and O–H groups in total. The molecule has 1 saturated carbocycles. The summed E-state index contributed by atoms with van der Waals surface area (Å²) in [6.45, 7) is 0. The number of carbonyl (C=O) groups is 1. The summed E-state index contributed by atoms with van der Waals surface area (Å²) in [5.74, 6) is 0.473. The molecule has 0 atom stereocenters. The van der Waals surface area contributed by atoms with Crippen LogP contribution in [0.1, 0.15) is 35.8 Å². The number of anilines is 1. The van der Waals surface area contributed by atoms with Crippen molar-refractivity contribution in [2.75, 3.05) is 5.32 Å². The zero-order valence-corrected chi connectivity index (χ0v) is 11.5. The first-order valence-electron chi connectivity index (χ1n) is 7.24. The van der Waals surface area contributed by atoms with Crippen molar-refractivity contribution in [3.05, 3.63) is 48.3 Å². The highest BCUT2D eigenvalue weighted by atomic mass is 16.2. The third-order valence-electron chi connectivity index (χ3n) is 4.18. The molecule has 1 fully saturated rings. The van der Waals surface area contributed by atoms with Gasteiger partial charge in [-0.2, -0.15) is 5.10 Å². The Hall–Kier alpha value is -2.56. The van der Waals surface area contributed by atoms with Crippen molar-refractivity contribution in [3.8, 4) is 0 Å². The maximum Gasteiger partial charge on any atom is 0.273 e. The maximum absolute atomic E-state index is 12.5. The Kier molecular flexibility index (Phi) is 2.77. The van der Waals surface area contributed by atoms with Gasteiger partial charge in [0.25, 0.3) is 5.91 Å². The van der Waals surface area contributed by atoms with E-state index in [0.717, 1.165) is 23.7 Å². The molecule has 2 heterocycles. The minimum atomic E-state index is -0.107. The second-order valence-electron chi connectivity index (χ2n) is 5.46. The molecule has 0 bridgehead atoms. The van der Waals surface area contributed by atoms with Crippen LogP contribution in [-0.4, -0.2) is 20.7 Å². The Morgan fingerprint density at radius 1 is 1.24 bits per heavy atom. The summed E-state index contributed by atoms with van der Waals surface area (Å²) < 4.78 is 2.08. The average Bonchev–Trinajstić information content (AvgIpc) is 3.05. The van der Waals surface area contributed by atoms with Crippen LogP contribution >= 0.6 is 0 Å². The number of hydrogen-bond acceptors (Lipinski definition) is 2. The number of rotatable bonds is 3. The number of fused-ring (bicyclic) bond motifs is 1. The van der Waals surface area contributed by atoms with Crippen molar-refractivity contribution in [1.29, 1.82) is 0 Å². The molecule has 1 aromatic carbocycles. The first-order chi connectivity index (χ1) is 10.3. The molecule has 0 unspecified atom stereocenters. The van der Waals surface area contributed by atoms with E-state index in [2.05, 4.69) is 20.1 Å². The minimum Gasteiger partial charge on any atom is -0.340 e. The van der Waals surface area contributed by atoms with Gasteiger partial charge in [0.2, 0.25) is 0 Å². The number of H-pyrrole nitrogens is 1. The highest BCUT2D eigenvalue weighted by Gasteiger charge is 2.23. The third-order valence-corrected chi connectivity index (χ3v) is 4.18. The number of para-hydroxylation sites is 1. The summed E-state index contributed by atoms with van der Waals surface area (Å²) in [5, 5.41) is 10.9. The van der Waals surface area contributed by atoms with E-state index in [1.54, 1.807) is 0 Å². The van der Waals surface area contributed by atoms with Crippen molar-refractivity contribution in [1.82, 2.24) is 14.8 Å². The SMILES string of the molecule is O=C(Nc1n[nH]c2ccccc12)c1cccn1C1CCC1. The monoisotopic (exact) mass is 280 g/mol. The minimum absolute atomic E-state index is 0.107. The molecule has 0 saturated heterocycles. The molecule has 0 aliphatic heterocycles. The van der Waals surface area contributed by atoms with Gasteiger partial charge in [-0.25, -0.2) is 0 Å². The van der Waals surface area contributed by atoms with E-state index >= 15 is 0 Å². The number of aromatic nitrogens is 3. The molecule has 2 aromatic heterocycles. The lowest BCUT2D eigenvalue weighted by Gasteiger charge is -2.28. The van der Waals surface area contributed by atoms with Crippen LogP contribution in [0.3, 0.4) is 0 Å². The summed E-state index contributed by atoms with van der Waals surface area (Å²) in [5.41, 5.74) is 1.62. The van der Waals surface area contributed by atoms with E-state index in [1.807, 2.05) is 42.6 Å². The van der Waals surface area contributed by atoms with Crippen LogP contribution in [0.5, 0.6) is 0 Å². The molecular weight excluding hydrogens is 264 g/mol. The van der Waals surface area contributed by atoms with Crippen molar-refractivity contribution < 1.29 is 4.79 Å². The molecule has 1 aliphatic carbocycles. The van der Waals surface area contributed by atoms with Crippen molar-refractivity contribution in [2.24, 2.45) is 0 Å². The van der Waals surface area contributed by atoms with E-state index < -0.39 is 0 Å². The number of nitrogens with one attached hydrogen (secondary N) is 2. The van der Waals surface area contributed by atoms with Crippen LogP contribution in [0.2, 0.25) is 0 Å². The van der Waals surface area contributed by atoms with Gasteiger partial charge in [-0.3, -0.25) is 9.89 Å². The van der Waals surface area contributed by atoms with E-state index in [0.29, 0.717) is 17.6 Å². The third kappa shape index (κ3) is 2.01. The molecule has 4 rings (SSSR count). The van der Waals surface area contributed by atoms with E-state index in [4.69, 9.17) is 0 Å². The fourth-order valence-corrected chi connectivity index (χ4v) is 2.80. The van der Waals surface area contributed by atoms with Gasteiger partial charge >= 0.3 is 0 Å². The zero-order valence-electron chi connectivity index (χ0n) is 11.5. The fraction of sp³-hybridized carbons (Fsp3) is 0.250. The van der Waals surface area contributed by atoms with Crippen molar-refractivity contribution in [2.45, 2.75) is 25.3 Å². The number of nitrogens with zero attached hydrogens (tertiary/aromatic N) is 2. The quantitative estimate of drug-likeness (QED) is 0.773. The molecule has 5 nitrogen and oxygen atoms in total. The Bertz CT molecular complexity index is 797. The Morgan fingerprint density at radius 2 is 2.10 bits per heavy atom. The highest BCUT2D eigenvalue weighted by Crippen LogP contribution is 2.33. The summed E-state index contributed by atoms with van der Waals surface area (Å²) >= 11 is 0. The van der Waals surface area contributed by atoms with E-state index in [1.165, 1.54) is 6.42 Å². The average molecular weight is 280 g/mol. The molecule has 0 radical (unpaired) electrons. The largest absolute Gasteiger partial charge is 0.340 e. The van der Waals surface area contributed by atoms with Crippen molar-refractivity contribution in [3.63, 3.8) is 0 Å². The van der Waals surface area contributed by atoms with E-state index in [-0.39, 0.29) is 5.91 Å². The Balaban J connectivity index is 1.62. The number of carbonyl (C=O) groups excluding carboxylic acids is 1. The van der Waals surface area contributed by atoms with Gasteiger partial charge in [0.05, 0.1) is 5.52 Å². The second kappa shape index (κ2) is 4.77. The molecule has 3 aromatic rings. The van der Waals surface area contributed by atoms with Gasteiger partial charge in [-0.05, 0) is 43.5 Å². The number of amides is 1. The summed E-state index contributed by atoms with van der Waals surface area (Å²) in [6.07, 6.45) is 5.54. The second-order valence-corrected chi connectivity index (χ2v) is 5.46. The molecular formula is C16H16N4O. The predicted octanol–water partition coefficient (Wildman–Crippen LogP) is 3.34. The first-order valence-corrected chi connectivity index (χ1v) is 7.24. The topological polar surface area (TPSA) is 62.7 Å². The lowest BCUT2D eigenvalue weighted by molar-refractivity contribution is 0.101. The van der Waals surface area contributed by atoms with Gasteiger partial charge in [0, 0.05) is 17.6 Å². The van der Waals surface area contributed by atoms with Crippen LogP contribution < -0.4 is 5.32 Å². The normalized spacial score (nSPS) is 15.0. The smallest absolute Gasteiger partial charge is 0.273 e. The highest BCUT2D eigenvalue weighted by molar-refractivity contribution is 6.07. The molecule has 1 amide bonds. The van der Waals surface area contributed by atoms with Crippen LogP contribution in [0, 0.1) is 0 Å². The van der Waals surface area contributed by atoms with Gasteiger partial charge in [0.15, 0.2) is 5.82 Å². The number of hydrogen-bond donors (Lipinski definition) is 2. The number of aromatic amines is 1. The van der Waals surface area contributed by atoms with Gasteiger partial charge < -0.3 is 9.88 Å². The Morgan fingerprint density at radius 3 is 2.90 bits per heavy atom. The molecule has 1 aliphatic rings. The van der Waals surface area contributed by atoms with Gasteiger partial charge in [-0.15, -0.1) is 0 Å². The van der Waals surface area contributed by atoms with Crippen molar-refractivity contribution >= 4 is 22.6 Å². The van der Waals surface area contributed by atoms with Gasteiger partial charge in [-0.1, -0.05) is 12.1 Å². The van der Waals surface area contributed by atoms with E-state index in [9.17, 15) is 4.79 Å². The van der Waals surface area contributed by atoms with Crippen LogP contribution in [0.4, 0.5) is 5.82 Å². The zero-order chi connectivity index (χ0) is 14.2. The van der Waals surface area contributed by atoms with Crippen LogP contribution in [0.15, 0.2) is 42.6 Å². The van der Waals surface area contributed by atoms with Gasteiger partial charge in [0.1, 0.15) is 5.69 Å². The standard InChI is InChI=1S/C16H16N4O/c21-16(14-9-4-10-20(14)11-5-3-6-11)17-15-12-7-1-2-8-13(12)18-19-15/h1-2,4,7-11H,3,5-6H2,(H2,17,18,19,21). The number of benzene rings is 1. The van der Waals surface area contributed by atoms with Crippen LogP contribution in [0.25, 0.3) is 10.9 Å². The molecule has 106 valence electrons. The lowest BCUT2D eigenvalue weighted by atomic mass is 9.93. The summed E-state index contributed by atoms with van der Waals surface area (Å²) in [6, 6.07) is 12.0. The van der Waals surface area contributed by atoms with Crippen LogP contribution in [-0.2, 0) is 0 Å². The summed E-state index contributed by atoms with van der Waals surface area (Å²) in [7, 11) is 0. The molecule has 21 heavy (non-hydrogen) atoms. The maximum atomic E-state index is 12.5. The summed E-state index contributed by atoms with van der Waals surface area (Å²) in [4.78, 5) is 12.5. The molecule has 5 heteroatoms. The predicted molar refractivity (Wildman–Crippen MR) is 81.4 cm³/mol.